The van der Waals surface area contributed by atoms with Gasteiger partial charge < -0.3 is 0 Å². The molecule has 0 amide bonds. The number of hydrogen-bond donors (Lipinski definition) is 0. The van der Waals surface area contributed by atoms with E-state index in [1.54, 1.807) is 24.5 Å². The lowest BCUT2D eigenvalue weighted by Gasteiger charge is -2.05. The van der Waals surface area contributed by atoms with Gasteiger partial charge in [-0.15, -0.1) is 0 Å². The molecule has 0 aliphatic heterocycles. The van der Waals surface area contributed by atoms with E-state index in [0.717, 1.165) is 29.1 Å². The fourth-order valence-electron chi connectivity index (χ4n) is 2.15. The van der Waals surface area contributed by atoms with Crippen LogP contribution in [0.3, 0.4) is 0 Å². The average molecular weight is 326 g/mol. The number of alkyl halides is 3. The molecule has 3 aromatic rings. The molecule has 0 fully saturated rings. The first-order chi connectivity index (χ1) is 11.5. The van der Waals surface area contributed by atoms with Crippen molar-refractivity contribution in [3.8, 4) is 11.4 Å². The Labute approximate surface area is 137 Å². The Balaban J connectivity index is 1.73. The fourth-order valence-corrected chi connectivity index (χ4v) is 2.15. The third kappa shape index (κ3) is 3.87. The highest BCUT2D eigenvalue weighted by Crippen LogP contribution is 2.29. The first-order valence-corrected chi connectivity index (χ1v) is 7.25. The normalized spacial score (nSPS) is 11.8. The molecule has 2 aromatic heterocycles. The van der Waals surface area contributed by atoms with Gasteiger partial charge in [-0.3, -0.25) is 9.97 Å². The van der Waals surface area contributed by atoms with E-state index in [1.165, 1.54) is 12.1 Å². The Morgan fingerprint density at radius 2 is 1.38 bits per heavy atom. The predicted molar refractivity (Wildman–Crippen MR) is 87.8 cm³/mol. The largest absolute Gasteiger partial charge is 0.416 e. The van der Waals surface area contributed by atoms with Crippen LogP contribution in [0.15, 0.2) is 67.0 Å². The van der Waals surface area contributed by atoms with Gasteiger partial charge in [-0.05, 0) is 41.5 Å². The smallest absolute Gasteiger partial charge is 0.255 e. The van der Waals surface area contributed by atoms with Crippen LogP contribution in [0.1, 0.15) is 16.7 Å². The monoisotopic (exact) mass is 326 g/mol. The number of nitrogens with zero attached hydrogens (tertiary/aromatic N) is 2. The van der Waals surface area contributed by atoms with Crippen LogP contribution in [0.4, 0.5) is 13.2 Å². The van der Waals surface area contributed by atoms with Crippen molar-refractivity contribution in [2.75, 3.05) is 0 Å². The lowest BCUT2D eigenvalue weighted by atomic mass is 10.1. The van der Waals surface area contributed by atoms with E-state index in [1.807, 2.05) is 30.3 Å². The van der Waals surface area contributed by atoms with E-state index in [-0.39, 0.29) is 0 Å². The third-order valence-corrected chi connectivity index (χ3v) is 3.42. The zero-order valence-electron chi connectivity index (χ0n) is 12.5. The Kier molecular flexibility index (Phi) is 4.42. The highest BCUT2D eigenvalue weighted by Gasteiger charge is 2.29. The van der Waals surface area contributed by atoms with E-state index in [9.17, 15) is 13.2 Å². The molecule has 120 valence electrons. The molecular formula is C19H13F3N2. The number of halogens is 3. The van der Waals surface area contributed by atoms with E-state index in [0.29, 0.717) is 5.56 Å². The van der Waals surface area contributed by atoms with Gasteiger partial charge in [0, 0.05) is 12.4 Å². The van der Waals surface area contributed by atoms with Gasteiger partial charge in [-0.1, -0.05) is 36.4 Å². The molecule has 0 bridgehead atoms. The van der Waals surface area contributed by atoms with Gasteiger partial charge in [-0.25, -0.2) is 0 Å². The van der Waals surface area contributed by atoms with Crippen LogP contribution in [0.5, 0.6) is 0 Å². The molecule has 0 unspecified atom stereocenters. The molecule has 2 nitrogen and oxygen atoms in total. The maximum Gasteiger partial charge on any atom is 0.416 e. The van der Waals surface area contributed by atoms with Crippen molar-refractivity contribution >= 4 is 12.2 Å². The average Bonchev–Trinajstić information content (AvgIpc) is 2.61. The minimum atomic E-state index is -4.31. The molecule has 1 aromatic carbocycles. The van der Waals surface area contributed by atoms with Crippen molar-refractivity contribution in [1.29, 1.82) is 0 Å². The summed E-state index contributed by atoms with van der Waals surface area (Å²) in [5.74, 6) is 0. The molecule has 24 heavy (non-hydrogen) atoms. The summed E-state index contributed by atoms with van der Waals surface area (Å²) in [4.78, 5) is 8.57. The Hall–Kier alpha value is -2.95. The predicted octanol–water partition coefficient (Wildman–Crippen LogP) is 5.33. The molecule has 0 spiro atoms. The van der Waals surface area contributed by atoms with Crippen LogP contribution in [-0.2, 0) is 6.18 Å². The Bertz CT molecular complexity index is 821. The lowest BCUT2D eigenvalue weighted by Crippen LogP contribution is -2.03. The molecular weight excluding hydrogens is 313 g/mol. The number of pyridine rings is 2. The molecule has 2 heterocycles. The van der Waals surface area contributed by atoms with Crippen LogP contribution in [0.2, 0.25) is 0 Å². The zero-order valence-corrected chi connectivity index (χ0v) is 12.5. The van der Waals surface area contributed by atoms with E-state index in [2.05, 4.69) is 9.97 Å². The highest BCUT2D eigenvalue weighted by atomic mass is 19.4. The molecule has 0 aliphatic carbocycles. The van der Waals surface area contributed by atoms with E-state index >= 15 is 0 Å². The van der Waals surface area contributed by atoms with Crippen LogP contribution in [-0.4, -0.2) is 9.97 Å². The third-order valence-electron chi connectivity index (χ3n) is 3.42. The maximum atomic E-state index is 12.5. The SMILES string of the molecule is FC(F)(F)c1ccc(/C=C\c2ccc(-c3ccccn3)nc2)cc1. The minimum absolute atomic E-state index is 0.652. The minimum Gasteiger partial charge on any atom is -0.255 e. The van der Waals surface area contributed by atoms with Crippen molar-refractivity contribution in [3.05, 3.63) is 83.7 Å². The molecule has 0 saturated carbocycles. The van der Waals surface area contributed by atoms with Gasteiger partial charge in [0.05, 0.1) is 17.0 Å². The fraction of sp³-hybridized carbons (Fsp3) is 0.0526. The molecule has 5 heteroatoms. The van der Waals surface area contributed by atoms with Gasteiger partial charge in [0.25, 0.3) is 0 Å². The van der Waals surface area contributed by atoms with Gasteiger partial charge >= 0.3 is 6.18 Å². The van der Waals surface area contributed by atoms with Crippen molar-refractivity contribution < 1.29 is 13.2 Å². The van der Waals surface area contributed by atoms with Crippen molar-refractivity contribution in [3.63, 3.8) is 0 Å². The second kappa shape index (κ2) is 6.66. The van der Waals surface area contributed by atoms with Crippen LogP contribution in [0.25, 0.3) is 23.5 Å². The Morgan fingerprint density at radius 3 is 1.96 bits per heavy atom. The highest BCUT2D eigenvalue weighted by molar-refractivity contribution is 5.70. The number of aromatic nitrogens is 2. The summed E-state index contributed by atoms with van der Waals surface area (Å²) in [5, 5.41) is 0. The van der Waals surface area contributed by atoms with Gasteiger partial charge in [0.1, 0.15) is 0 Å². The van der Waals surface area contributed by atoms with Crippen LogP contribution >= 0.6 is 0 Å². The number of hydrogen-bond acceptors (Lipinski definition) is 2. The van der Waals surface area contributed by atoms with Crippen LogP contribution < -0.4 is 0 Å². The van der Waals surface area contributed by atoms with Crippen molar-refractivity contribution in [2.24, 2.45) is 0 Å². The summed E-state index contributed by atoms with van der Waals surface area (Å²) in [7, 11) is 0. The summed E-state index contributed by atoms with van der Waals surface area (Å²) in [6.45, 7) is 0. The lowest BCUT2D eigenvalue weighted by molar-refractivity contribution is -0.137. The summed E-state index contributed by atoms with van der Waals surface area (Å²) in [6, 6.07) is 14.4. The first kappa shape index (κ1) is 15.9. The zero-order chi connectivity index (χ0) is 17.0. The van der Waals surface area contributed by atoms with Gasteiger partial charge in [0.15, 0.2) is 0 Å². The quantitative estimate of drug-likeness (QED) is 0.650. The van der Waals surface area contributed by atoms with Crippen LogP contribution in [0, 0.1) is 0 Å². The van der Waals surface area contributed by atoms with E-state index in [4.69, 9.17) is 0 Å². The molecule has 0 saturated heterocycles. The van der Waals surface area contributed by atoms with Crippen molar-refractivity contribution in [2.45, 2.75) is 6.18 Å². The molecule has 0 radical (unpaired) electrons. The topological polar surface area (TPSA) is 25.8 Å². The standard InChI is InChI=1S/C19H13F3N2/c20-19(21,22)16-9-6-14(7-10-16)4-5-15-8-11-18(24-13-15)17-3-1-2-12-23-17/h1-13H/b5-4-. The Morgan fingerprint density at radius 1 is 0.708 bits per heavy atom. The van der Waals surface area contributed by atoms with E-state index < -0.39 is 11.7 Å². The maximum absolute atomic E-state index is 12.5. The van der Waals surface area contributed by atoms with Gasteiger partial charge in [0.2, 0.25) is 0 Å². The van der Waals surface area contributed by atoms with Crippen molar-refractivity contribution in [1.82, 2.24) is 9.97 Å². The second-order valence-electron chi connectivity index (χ2n) is 5.14. The molecule has 0 atom stereocenters. The number of benzene rings is 1. The van der Waals surface area contributed by atoms with Gasteiger partial charge in [-0.2, -0.15) is 13.2 Å². The first-order valence-electron chi connectivity index (χ1n) is 7.25. The second-order valence-corrected chi connectivity index (χ2v) is 5.14. The summed E-state index contributed by atoms with van der Waals surface area (Å²) in [5.41, 5.74) is 2.45. The summed E-state index contributed by atoms with van der Waals surface area (Å²) < 4.78 is 37.6. The summed E-state index contributed by atoms with van der Waals surface area (Å²) >= 11 is 0. The molecule has 3 rings (SSSR count). The molecule has 0 aliphatic rings. The summed E-state index contributed by atoms with van der Waals surface area (Å²) in [6.07, 6.45) is 2.64. The molecule has 0 N–H and O–H groups in total. The number of rotatable bonds is 3.